The second-order valence-electron chi connectivity index (χ2n) is 7.23. The minimum atomic E-state index is -0.851. The average molecular weight is 367 g/mol. The number of rotatable bonds is 6. The van der Waals surface area contributed by atoms with Crippen LogP contribution < -0.4 is 5.32 Å². The first-order chi connectivity index (χ1) is 13.3. The number of aromatic nitrogens is 4. The van der Waals surface area contributed by atoms with Gasteiger partial charge in [-0.3, -0.25) is 5.32 Å². The molecule has 1 saturated heterocycles. The van der Waals surface area contributed by atoms with Crippen LogP contribution in [-0.2, 0) is 4.74 Å². The van der Waals surface area contributed by atoms with E-state index < -0.39 is 6.23 Å². The molecule has 1 aromatic carbocycles. The maximum atomic E-state index is 10.4. The van der Waals surface area contributed by atoms with Crippen molar-refractivity contribution in [3.05, 3.63) is 54.0 Å². The van der Waals surface area contributed by atoms with Gasteiger partial charge < -0.3 is 14.4 Å². The molecule has 0 radical (unpaired) electrons. The molecule has 27 heavy (non-hydrogen) atoms. The van der Waals surface area contributed by atoms with E-state index in [0.29, 0.717) is 23.4 Å². The Morgan fingerprint density at radius 3 is 2.74 bits per heavy atom. The Morgan fingerprint density at radius 1 is 1.19 bits per heavy atom. The van der Waals surface area contributed by atoms with Crippen molar-refractivity contribution < 1.29 is 14.4 Å². The molecular formula is C19H21N5O3. The molecule has 1 aliphatic heterocycles. The van der Waals surface area contributed by atoms with Crippen LogP contribution in [0, 0.1) is 0 Å². The van der Waals surface area contributed by atoms with Crippen LogP contribution in [0.25, 0.3) is 11.3 Å². The molecular weight excluding hydrogens is 346 g/mol. The Morgan fingerprint density at radius 2 is 2.00 bits per heavy atom. The molecule has 0 amide bonds. The van der Waals surface area contributed by atoms with Gasteiger partial charge in [-0.25, -0.2) is 4.68 Å². The highest BCUT2D eigenvalue weighted by molar-refractivity contribution is 5.56. The average Bonchev–Trinajstić information content (AvgIpc) is 3.27. The number of aliphatic hydroxyl groups excluding tert-OH is 1. The van der Waals surface area contributed by atoms with Crippen LogP contribution in [0.15, 0.2) is 47.1 Å². The molecule has 2 aliphatic rings. The lowest BCUT2D eigenvalue weighted by atomic mass is 9.86. The number of nitrogens with zero attached hydrogens (tertiary/aromatic N) is 4. The number of nitrogens with one attached hydrogen (secondary N) is 1. The van der Waals surface area contributed by atoms with Crippen molar-refractivity contribution in [2.45, 2.75) is 37.1 Å². The summed E-state index contributed by atoms with van der Waals surface area (Å²) in [5.74, 6) is 1.04. The second-order valence-corrected chi connectivity index (χ2v) is 7.23. The smallest absolute Gasteiger partial charge is 0.167 e. The van der Waals surface area contributed by atoms with Crippen LogP contribution in [0.5, 0.6) is 0 Å². The minimum absolute atomic E-state index is 0.210. The summed E-state index contributed by atoms with van der Waals surface area (Å²) in [7, 11) is 0. The summed E-state index contributed by atoms with van der Waals surface area (Å²) < 4.78 is 12.5. The number of hydrogen-bond acceptors (Lipinski definition) is 7. The number of hydrogen-bond donors (Lipinski definition) is 2. The predicted octanol–water partition coefficient (Wildman–Crippen LogP) is 2.03. The molecule has 3 heterocycles. The second kappa shape index (κ2) is 6.88. The largest absolute Gasteiger partial charge is 0.380 e. The van der Waals surface area contributed by atoms with Crippen LogP contribution in [0.1, 0.15) is 42.4 Å². The fourth-order valence-electron chi connectivity index (χ4n) is 3.47. The summed E-state index contributed by atoms with van der Waals surface area (Å²) in [4.78, 5) is 0. The van der Waals surface area contributed by atoms with Crippen molar-refractivity contribution in [1.29, 1.82) is 0 Å². The van der Waals surface area contributed by atoms with Crippen molar-refractivity contribution in [2.75, 3.05) is 13.2 Å². The SMILES string of the molecule is OC(N[C@H]1C[C@H](n2cc(C3COC3)nn2)C1)c1cc(-c2ccccc2)on1. The fourth-order valence-corrected chi connectivity index (χ4v) is 3.47. The van der Waals surface area contributed by atoms with E-state index in [-0.39, 0.29) is 6.04 Å². The van der Waals surface area contributed by atoms with E-state index in [4.69, 9.17) is 9.26 Å². The van der Waals surface area contributed by atoms with Gasteiger partial charge in [0.25, 0.3) is 0 Å². The van der Waals surface area contributed by atoms with E-state index in [2.05, 4.69) is 20.8 Å². The van der Waals surface area contributed by atoms with E-state index in [0.717, 1.165) is 37.3 Å². The summed E-state index contributed by atoms with van der Waals surface area (Å²) in [5, 5.41) is 26.1. The van der Waals surface area contributed by atoms with Gasteiger partial charge in [-0.1, -0.05) is 40.7 Å². The molecule has 3 aromatic rings. The first kappa shape index (κ1) is 16.6. The minimum Gasteiger partial charge on any atom is -0.380 e. The maximum absolute atomic E-state index is 10.4. The lowest BCUT2D eigenvalue weighted by Gasteiger charge is -2.36. The Hall–Kier alpha value is -2.55. The molecule has 1 atom stereocenters. The first-order valence-corrected chi connectivity index (χ1v) is 9.22. The van der Waals surface area contributed by atoms with Crippen LogP contribution in [0.4, 0.5) is 0 Å². The molecule has 8 heteroatoms. The first-order valence-electron chi connectivity index (χ1n) is 9.22. The highest BCUT2D eigenvalue weighted by atomic mass is 16.5. The quantitative estimate of drug-likeness (QED) is 0.643. The highest BCUT2D eigenvalue weighted by Gasteiger charge is 2.34. The molecule has 5 rings (SSSR count). The van der Waals surface area contributed by atoms with Gasteiger partial charge in [0.15, 0.2) is 12.0 Å². The molecule has 2 fully saturated rings. The molecule has 1 aliphatic carbocycles. The molecule has 8 nitrogen and oxygen atoms in total. The zero-order chi connectivity index (χ0) is 18.2. The Labute approximate surface area is 156 Å². The molecule has 1 saturated carbocycles. The number of benzene rings is 1. The third-order valence-corrected chi connectivity index (χ3v) is 5.33. The van der Waals surface area contributed by atoms with E-state index in [1.165, 1.54) is 0 Å². The molecule has 2 aromatic heterocycles. The lowest BCUT2D eigenvalue weighted by Crippen LogP contribution is -2.44. The third kappa shape index (κ3) is 3.27. The van der Waals surface area contributed by atoms with Gasteiger partial charge in [0, 0.05) is 23.9 Å². The predicted molar refractivity (Wildman–Crippen MR) is 95.7 cm³/mol. The van der Waals surface area contributed by atoms with E-state index in [1.54, 1.807) is 6.07 Å². The Kier molecular flexibility index (Phi) is 4.23. The number of aliphatic hydroxyl groups is 1. The summed E-state index contributed by atoms with van der Waals surface area (Å²) in [6.45, 7) is 1.48. The van der Waals surface area contributed by atoms with Gasteiger partial charge >= 0.3 is 0 Å². The Bertz CT molecular complexity index is 899. The summed E-state index contributed by atoms with van der Waals surface area (Å²) in [6.07, 6.45) is 2.96. The van der Waals surface area contributed by atoms with Gasteiger partial charge in [-0.05, 0) is 12.8 Å². The Balaban J connectivity index is 1.15. The van der Waals surface area contributed by atoms with Gasteiger partial charge in [-0.15, -0.1) is 5.10 Å². The molecule has 140 valence electrons. The zero-order valence-electron chi connectivity index (χ0n) is 14.7. The van der Waals surface area contributed by atoms with Crippen molar-refractivity contribution in [3.8, 4) is 11.3 Å². The van der Waals surface area contributed by atoms with Crippen molar-refractivity contribution in [1.82, 2.24) is 25.5 Å². The summed E-state index contributed by atoms with van der Waals surface area (Å²) >= 11 is 0. The normalized spacial score (nSPS) is 23.6. The van der Waals surface area contributed by atoms with Crippen LogP contribution in [0.2, 0.25) is 0 Å². The van der Waals surface area contributed by atoms with Crippen molar-refractivity contribution in [3.63, 3.8) is 0 Å². The van der Waals surface area contributed by atoms with Crippen LogP contribution in [0.3, 0.4) is 0 Å². The van der Waals surface area contributed by atoms with Gasteiger partial charge in [0.2, 0.25) is 0 Å². The molecule has 2 N–H and O–H groups in total. The van der Waals surface area contributed by atoms with Gasteiger partial charge in [0.05, 0.1) is 30.9 Å². The summed E-state index contributed by atoms with van der Waals surface area (Å²) in [5.41, 5.74) is 2.44. The van der Waals surface area contributed by atoms with Crippen molar-refractivity contribution >= 4 is 0 Å². The lowest BCUT2D eigenvalue weighted by molar-refractivity contribution is 0.00663. The monoisotopic (exact) mass is 367 g/mol. The highest BCUT2D eigenvalue weighted by Crippen LogP contribution is 2.34. The maximum Gasteiger partial charge on any atom is 0.167 e. The molecule has 0 spiro atoms. The zero-order valence-corrected chi connectivity index (χ0v) is 14.7. The molecule has 0 bridgehead atoms. The van der Waals surface area contributed by atoms with E-state index >= 15 is 0 Å². The standard InChI is InChI=1S/C19H21N5O3/c25-19(16-8-18(27-22-16)12-4-2-1-3-5-12)20-14-6-15(7-14)24-9-17(21-23-24)13-10-26-11-13/h1-5,8-9,13-15,19-20,25H,6-7,10-11H2/t14-,15-,19?. The van der Waals surface area contributed by atoms with Gasteiger partial charge in [-0.2, -0.15) is 0 Å². The molecule has 1 unspecified atom stereocenters. The number of ether oxygens (including phenoxy) is 1. The van der Waals surface area contributed by atoms with Crippen LogP contribution >= 0.6 is 0 Å². The van der Waals surface area contributed by atoms with Gasteiger partial charge in [0.1, 0.15) is 5.69 Å². The van der Waals surface area contributed by atoms with E-state index in [1.807, 2.05) is 41.2 Å². The topological polar surface area (TPSA) is 98.2 Å². The third-order valence-electron chi connectivity index (χ3n) is 5.33. The van der Waals surface area contributed by atoms with Crippen molar-refractivity contribution in [2.24, 2.45) is 0 Å². The van der Waals surface area contributed by atoms with Crippen LogP contribution in [-0.4, -0.2) is 44.5 Å². The fraction of sp³-hybridized carbons (Fsp3) is 0.421. The summed E-state index contributed by atoms with van der Waals surface area (Å²) in [6, 6.07) is 12.0. The van der Waals surface area contributed by atoms with E-state index in [9.17, 15) is 5.11 Å².